The summed E-state index contributed by atoms with van der Waals surface area (Å²) in [4.78, 5) is 28.9. The minimum Gasteiger partial charge on any atom is -0.493 e. The number of amides is 2. The van der Waals surface area contributed by atoms with Gasteiger partial charge >= 0.3 is 0 Å². The molecule has 3 atom stereocenters. The van der Waals surface area contributed by atoms with Crippen molar-refractivity contribution in [1.29, 1.82) is 0 Å². The second-order valence-electron chi connectivity index (χ2n) is 10.6. The van der Waals surface area contributed by atoms with Gasteiger partial charge in [-0.3, -0.25) is 9.59 Å². The smallest absolute Gasteiger partial charge is 0.254 e. The van der Waals surface area contributed by atoms with Gasteiger partial charge in [0.2, 0.25) is 0 Å². The number of hydrogen-bond acceptors (Lipinski definition) is 6. The Morgan fingerprint density at radius 2 is 1.66 bits per heavy atom. The highest BCUT2D eigenvalue weighted by atomic mass is 16.5. The lowest BCUT2D eigenvalue weighted by molar-refractivity contribution is -0.153. The summed E-state index contributed by atoms with van der Waals surface area (Å²) in [6, 6.07) is 17.4. The highest BCUT2D eigenvalue weighted by Crippen LogP contribution is 2.30. The molecule has 1 aliphatic heterocycles. The molecule has 2 aliphatic rings. The normalized spacial score (nSPS) is 18.9. The van der Waals surface area contributed by atoms with Crippen molar-refractivity contribution in [2.75, 3.05) is 37.7 Å². The number of carbonyl (C=O) groups is 2. The topological polar surface area (TPSA) is 102 Å². The summed E-state index contributed by atoms with van der Waals surface area (Å²) in [5, 5.41) is 23.4. The van der Waals surface area contributed by atoms with E-state index >= 15 is 0 Å². The van der Waals surface area contributed by atoms with Crippen LogP contribution in [0.3, 0.4) is 0 Å². The predicted octanol–water partition coefficient (Wildman–Crippen LogP) is 2.97. The summed E-state index contributed by atoms with van der Waals surface area (Å²) in [5.41, 5.74) is 1.89. The minimum atomic E-state index is -1.84. The van der Waals surface area contributed by atoms with Crippen molar-refractivity contribution in [3.63, 3.8) is 0 Å². The largest absolute Gasteiger partial charge is 0.493 e. The number of para-hydroxylation sites is 1. The number of aliphatic hydroxyl groups excluding tert-OH is 2. The van der Waals surface area contributed by atoms with Crippen LogP contribution in [-0.4, -0.2) is 71.9 Å². The third-order valence-corrected chi connectivity index (χ3v) is 7.87. The quantitative estimate of drug-likeness (QED) is 0.443. The first-order chi connectivity index (χ1) is 18.4. The number of anilines is 1. The molecule has 1 saturated carbocycles. The Hall–Kier alpha value is -3.10. The fraction of sp³-hybridized carbons (Fsp3) is 0.533. The Kier molecular flexibility index (Phi) is 10.0. The number of nitrogens with zero attached hydrogens (tertiary/aromatic N) is 2. The summed E-state index contributed by atoms with van der Waals surface area (Å²) in [6.45, 7) is 5.11. The van der Waals surface area contributed by atoms with Crippen LogP contribution < -0.4 is 15.0 Å². The molecule has 0 radical (unpaired) electrons. The first-order valence-electron chi connectivity index (χ1n) is 13.9. The number of carbonyl (C=O) groups excluding carboxylic acids is 2. The zero-order chi connectivity index (χ0) is 26.9. The Balaban J connectivity index is 1.21. The maximum Gasteiger partial charge on any atom is 0.254 e. The molecule has 8 heteroatoms. The molecule has 2 aromatic carbocycles. The molecule has 206 valence electrons. The zero-order valence-corrected chi connectivity index (χ0v) is 22.3. The second-order valence-corrected chi connectivity index (χ2v) is 10.6. The third-order valence-electron chi connectivity index (χ3n) is 7.87. The molecule has 3 N–H and O–H groups in total. The Labute approximate surface area is 225 Å². The molecule has 1 aliphatic carbocycles. The molecule has 0 spiro atoms. The SMILES string of the molecule is CC(COc1cccc(CNC(=O)[C@H](O)[C@@H](O)C(=O)N2CCN(c3ccccc3)CC2)c1)C1CCCCC1. The number of nitrogens with one attached hydrogen (secondary N) is 1. The van der Waals surface area contributed by atoms with Crippen molar-refractivity contribution in [2.45, 2.75) is 57.8 Å². The van der Waals surface area contributed by atoms with E-state index in [1.165, 1.54) is 37.0 Å². The van der Waals surface area contributed by atoms with Gasteiger partial charge in [0.05, 0.1) is 6.61 Å². The van der Waals surface area contributed by atoms with E-state index in [4.69, 9.17) is 4.74 Å². The molecule has 0 aromatic heterocycles. The van der Waals surface area contributed by atoms with Crippen LogP contribution in [0.2, 0.25) is 0 Å². The average molecular weight is 524 g/mol. The standard InChI is InChI=1S/C30H41N3O5/c1-22(24-10-4-2-5-11-24)21-38-26-14-8-9-23(19-26)20-31-29(36)27(34)28(35)30(37)33-17-15-32(16-18-33)25-12-6-3-7-13-25/h3,6-9,12-14,19,22,24,27-28,34-35H,2,4-5,10-11,15-18,20-21H2,1H3,(H,31,36)/t22?,27-,28-/m1/s1. The van der Waals surface area contributed by atoms with E-state index in [2.05, 4.69) is 17.1 Å². The van der Waals surface area contributed by atoms with Gasteiger partial charge in [-0.05, 0) is 41.7 Å². The summed E-state index contributed by atoms with van der Waals surface area (Å²) < 4.78 is 6.03. The zero-order valence-electron chi connectivity index (χ0n) is 22.3. The lowest BCUT2D eigenvalue weighted by Gasteiger charge is -2.37. The molecule has 4 rings (SSSR count). The van der Waals surface area contributed by atoms with Gasteiger partial charge < -0.3 is 30.1 Å². The summed E-state index contributed by atoms with van der Waals surface area (Å²) >= 11 is 0. The van der Waals surface area contributed by atoms with E-state index in [-0.39, 0.29) is 6.54 Å². The van der Waals surface area contributed by atoms with Crippen LogP contribution in [0.1, 0.15) is 44.6 Å². The fourth-order valence-corrected chi connectivity index (χ4v) is 5.40. The average Bonchev–Trinajstić information content (AvgIpc) is 2.98. The summed E-state index contributed by atoms with van der Waals surface area (Å²) in [5.74, 6) is 0.530. The molecule has 2 fully saturated rings. The second kappa shape index (κ2) is 13.6. The van der Waals surface area contributed by atoms with E-state index in [1.807, 2.05) is 54.6 Å². The van der Waals surface area contributed by atoms with E-state index in [0.29, 0.717) is 38.7 Å². The maximum atomic E-state index is 12.7. The summed E-state index contributed by atoms with van der Waals surface area (Å²) in [7, 11) is 0. The molecular formula is C30H41N3O5. The van der Waals surface area contributed by atoms with E-state index in [0.717, 1.165) is 22.9 Å². The van der Waals surface area contributed by atoms with Gasteiger partial charge in [0.1, 0.15) is 5.75 Å². The molecule has 1 unspecified atom stereocenters. The molecular weight excluding hydrogens is 482 g/mol. The molecule has 38 heavy (non-hydrogen) atoms. The van der Waals surface area contributed by atoms with E-state index in [1.54, 1.807) is 0 Å². The molecule has 1 heterocycles. The first-order valence-corrected chi connectivity index (χ1v) is 13.9. The van der Waals surface area contributed by atoms with E-state index < -0.39 is 24.0 Å². The fourth-order valence-electron chi connectivity index (χ4n) is 5.40. The van der Waals surface area contributed by atoms with Crippen LogP contribution in [0.25, 0.3) is 0 Å². The van der Waals surface area contributed by atoms with Crippen molar-refractivity contribution in [2.24, 2.45) is 11.8 Å². The van der Waals surface area contributed by atoms with Crippen LogP contribution in [0.5, 0.6) is 5.75 Å². The highest BCUT2D eigenvalue weighted by molar-refractivity contribution is 5.90. The van der Waals surface area contributed by atoms with Crippen molar-refractivity contribution in [3.05, 3.63) is 60.2 Å². The van der Waals surface area contributed by atoms with Crippen molar-refractivity contribution in [1.82, 2.24) is 10.2 Å². The van der Waals surface area contributed by atoms with Crippen molar-refractivity contribution >= 4 is 17.5 Å². The lowest BCUT2D eigenvalue weighted by atomic mass is 9.81. The van der Waals surface area contributed by atoms with Gasteiger partial charge in [0, 0.05) is 38.4 Å². The highest BCUT2D eigenvalue weighted by Gasteiger charge is 2.34. The lowest BCUT2D eigenvalue weighted by Crippen LogP contribution is -2.55. The third kappa shape index (κ3) is 7.48. The van der Waals surface area contributed by atoms with E-state index in [9.17, 15) is 19.8 Å². The molecule has 2 aromatic rings. The first kappa shape index (κ1) is 27.9. The Morgan fingerprint density at radius 3 is 2.37 bits per heavy atom. The number of hydrogen-bond donors (Lipinski definition) is 3. The predicted molar refractivity (Wildman–Crippen MR) is 147 cm³/mol. The monoisotopic (exact) mass is 523 g/mol. The Morgan fingerprint density at radius 1 is 0.947 bits per heavy atom. The maximum absolute atomic E-state index is 12.7. The summed E-state index contributed by atoms with van der Waals surface area (Å²) in [6.07, 6.45) is 2.85. The number of aliphatic hydroxyl groups is 2. The van der Waals surface area contributed by atoms with Crippen LogP contribution in [0.4, 0.5) is 5.69 Å². The van der Waals surface area contributed by atoms with Crippen LogP contribution >= 0.6 is 0 Å². The van der Waals surface area contributed by atoms with Crippen LogP contribution in [0.15, 0.2) is 54.6 Å². The van der Waals surface area contributed by atoms with Crippen molar-refractivity contribution < 1.29 is 24.5 Å². The van der Waals surface area contributed by atoms with Gasteiger partial charge in [0.25, 0.3) is 11.8 Å². The number of piperazine rings is 1. The van der Waals surface area contributed by atoms with Gasteiger partial charge in [-0.1, -0.05) is 69.4 Å². The molecule has 2 amide bonds. The molecule has 1 saturated heterocycles. The Bertz CT molecular complexity index is 1040. The van der Waals surface area contributed by atoms with Gasteiger partial charge in [-0.25, -0.2) is 0 Å². The van der Waals surface area contributed by atoms with Gasteiger partial charge in [0.15, 0.2) is 12.2 Å². The minimum absolute atomic E-state index is 0.155. The van der Waals surface area contributed by atoms with Crippen LogP contribution in [-0.2, 0) is 16.1 Å². The molecule has 8 nitrogen and oxygen atoms in total. The van der Waals surface area contributed by atoms with Crippen LogP contribution in [0, 0.1) is 11.8 Å². The number of rotatable bonds is 10. The van der Waals surface area contributed by atoms with Gasteiger partial charge in [-0.15, -0.1) is 0 Å². The number of ether oxygens (including phenoxy) is 1. The number of benzene rings is 2. The van der Waals surface area contributed by atoms with Crippen molar-refractivity contribution in [3.8, 4) is 5.75 Å². The van der Waals surface area contributed by atoms with Gasteiger partial charge in [-0.2, -0.15) is 0 Å². The molecule has 0 bridgehead atoms.